The maximum Gasteiger partial charge on any atom is 0.335 e. The van der Waals surface area contributed by atoms with Gasteiger partial charge in [0.25, 0.3) is 0 Å². The first-order valence-corrected chi connectivity index (χ1v) is 7.22. The standard InChI is InChI=1S/C8H14ClNO.C7H6O2/c9-7-5-3-1-2-4-6-8(7)10-11;8-7(9)6-4-2-1-3-5-6/h7,11H,1-6H2;1-5H,(H,8,9). The minimum Gasteiger partial charge on any atom is -0.478 e. The zero-order valence-electron chi connectivity index (χ0n) is 11.3. The van der Waals surface area contributed by atoms with Gasteiger partial charge in [0.15, 0.2) is 0 Å². The Morgan fingerprint density at radius 1 is 1.15 bits per heavy atom. The minimum atomic E-state index is -0.879. The van der Waals surface area contributed by atoms with Gasteiger partial charge in [-0.1, -0.05) is 42.6 Å². The average molecular weight is 298 g/mol. The Morgan fingerprint density at radius 3 is 2.35 bits per heavy atom. The molecule has 1 atom stereocenters. The van der Waals surface area contributed by atoms with Crippen LogP contribution in [0.1, 0.15) is 48.9 Å². The van der Waals surface area contributed by atoms with Gasteiger partial charge in [0.1, 0.15) is 0 Å². The number of carbonyl (C=O) groups is 1. The van der Waals surface area contributed by atoms with E-state index in [9.17, 15) is 4.79 Å². The smallest absolute Gasteiger partial charge is 0.335 e. The van der Waals surface area contributed by atoms with Crippen LogP contribution in [0.15, 0.2) is 35.5 Å². The number of rotatable bonds is 1. The molecule has 1 aromatic rings. The van der Waals surface area contributed by atoms with Crippen LogP contribution >= 0.6 is 11.6 Å². The lowest BCUT2D eigenvalue weighted by Gasteiger charge is -2.14. The van der Waals surface area contributed by atoms with E-state index in [1.807, 2.05) is 0 Å². The SMILES string of the molecule is O=C(O)c1ccccc1.ON=C1CCCCCCC1Cl. The van der Waals surface area contributed by atoms with Crippen LogP contribution in [-0.2, 0) is 0 Å². The third-order valence-corrected chi connectivity index (χ3v) is 3.62. The van der Waals surface area contributed by atoms with E-state index in [2.05, 4.69) is 5.16 Å². The topological polar surface area (TPSA) is 69.9 Å². The highest BCUT2D eigenvalue weighted by molar-refractivity contribution is 6.32. The number of halogens is 1. The molecular formula is C15H20ClNO3. The van der Waals surface area contributed by atoms with Crippen LogP contribution in [0, 0.1) is 0 Å². The van der Waals surface area contributed by atoms with Gasteiger partial charge in [-0.25, -0.2) is 4.79 Å². The fraction of sp³-hybridized carbons (Fsp3) is 0.467. The summed E-state index contributed by atoms with van der Waals surface area (Å²) in [7, 11) is 0. The predicted molar refractivity (Wildman–Crippen MR) is 80.0 cm³/mol. The Morgan fingerprint density at radius 2 is 1.80 bits per heavy atom. The van der Waals surface area contributed by atoms with E-state index in [0.29, 0.717) is 5.56 Å². The Kier molecular flexibility index (Phi) is 7.73. The molecule has 0 radical (unpaired) electrons. The summed E-state index contributed by atoms with van der Waals surface area (Å²) in [5, 5.41) is 20.2. The number of hydrogen-bond acceptors (Lipinski definition) is 3. The van der Waals surface area contributed by atoms with Crippen LogP contribution in [0.5, 0.6) is 0 Å². The van der Waals surface area contributed by atoms with E-state index in [4.69, 9.17) is 21.9 Å². The first-order chi connectivity index (χ1) is 9.65. The maximum atomic E-state index is 10.2. The Bertz CT molecular complexity index is 434. The molecule has 1 unspecified atom stereocenters. The summed E-state index contributed by atoms with van der Waals surface area (Å²) in [5.41, 5.74) is 1.10. The molecule has 110 valence electrons. The van der Waals surface area contributed by atoms with Crippen molar-refractivity contribution < 1.29 is 15.1 Å². The minimum absolute atomic E-state index is 0.0275. The van der Waals surface area contributed by atoms with Gasteiger partial charge in [-0.3, -0.25) is 0 Å². The molecule has 0 aliphatic heterocycles. The first kappa shape index (κ1) is 16.5. The monoisotopic (exact) mass is 297 g/mol. The van der Waals surface area contributed by atoms with E-state index in [0.717, 1.165) is 31.4 Å². The number of alkyl halides is 1. The molecule has 0 heterocycles. The number of benzene rings is 1. The van der Waals surface area contributed by atoms with E-state index >= 15 is 0 Å². The van der Waals surface area contributed by atoms with Gasteiger partial charge in [-0.2, -0.15) is 0 Å². The molecule has 2 N–H and O–H groups in total. The largest absolute Gasteiger partial charge is 0.478 e. The Balaban J connectivity index is 0.000000204. The summed E-state index contributed by atoms with van der Waals surface area (Å²) in [4.78, 5) is 10.2. The zero-order chi connectivity index (χ0) is 14.8. The second-order valence-electron chi connectivity index (χ2n) is 4.68. The number of nitrogens with zero attached hydrogens (tertiary/aromatic N) is 1. The second-order valence-corrected chi connectivity index (χ2v) is 5.21. The van der Waals surface area contributed by atoms with Crippen molar-refractivity contribution in [3.63, 3.8) is 0 Å². The van der Waals surface area contributed by atoms with Gasteiger partial charge in [-0.15, -0.1) is 11.6 Å². The summed E-state index contributed by atoms with van der Waals surface area (Å²) < 4.78 is 0. The number of carboxylic acid groups (broad SMARTS) is 1. The van der Waals surface area contributed by atoms with E-state index < -0.39 is 5.97 Å². The number of aromatic carboxylic acids is 1. The molecule has 1 aliphatic rings. The first-order valence-electron chi connectivity index (χ1n) is 6.78. The van der Waals surface area contributed by atoms with E-state index in [1.54, 1.807) is 30.3 Å². The summed E-state index contributed by atoms with van der Waals surface area (Å²) in [6.45, 7) is 0. The molecule has 4 nitrogen and oxygen atoms in total. The highest BCUT2D eigenvalue weighted by Crippen LogP contribution is 2.19. The lowest BCUT2D eigenvalue weighted by Crippen LogP contribution is -2.16. The van der Waals surface area contributed by atoms with Gasteiger partial charge < -0.3 is 10.3 Å². The van der Waals surface area contributed by atoms with Gasteiger partial charge in [0.05, 0.1) is 16.7 Å². The summed E-state index contributed by atoms with van der Waals surface area (Å²) in [5.74, 6) is -0.879. The molecule has 0 saturated heterocycles. The van der Waals surface area contributed by atoms with Crippen molar-refractivity contribution in [1.82, 2.24) is 0 Å². The molecular weight excluding hydrogens is 278 g/mol. The molecule has 0 aromatic heterocycles. The fourth-order valence-corrected chi connectivity index (χ4v) is 2.31. The molecule has 2 rings (SSSR count). The van der Waals surface area contributed by atoms with E-state index in [-0.39, 0.29) is 5.38 Å². The van der Waals surface area contributed by atoms with Crippen molar-refractivity contribution in [2.45, 2.75) is 43.9 Å². The normalized spacial score (nSPS) is 21.2. The van der Waals surface area contributed by atoms with Crippen molar-refractivity contribution in [3.05, 3.63) is 35.9 Å². The van der Waals surface area contributed by atoms with Crippen LogP contribution in [0.2, 0.25) is 0 Å². The third-order valence-electron chi connectivity index (χ3n) is 3.15. The number of hydrogen-bond donors (Lipinski definition) is 2. The molecule has 20 heavy (non-hydrogen) atoms. The zero-order valence-corrected chi connectivity index (χ0v) is 12.1. The van der Waals surface area contributed by atoms with Crippen molar-refractivity contribution in [3.8, 4) is 0 Å². The molecule has 1 aliphatic carbocycles. The van der Waals surface area contributed by atoms with Gasteiger partial charge in [0.2, 0.25) is 0 Å². The Hall–Kier alpha value is -1.55. The molecule has 0 amide bonds. The van der Waals surface area contributed by atoms with Crippen LogP contribution < -0.4 is 0 Å². The number of oxime groups is 1. The fourth-order valence-electron chi connectivity index (χ4n) is 2.00. The predicted octanol–water partition coefficient (Wildman–Crippen LogP) is 4.16. The van der Waals surface area contributed by atoms with Crippen LogP contribution in [0.3, 0.4) is 0 Å². The molecule has 1 saturated carbocycles. The molecule has 0 bridgehead atoms. The van der Waals surface area contributed by atoms with E-state index in [1.165, 1.54) is 12.8 Å². The van der Waals surface area contributed by atoms with Crippen LogP contribution in [0.4, 0.5) is 0 Å². The van der Waals surface area contributed by atoms with Gasteiger partial charge in [0, 0.05) is 0 Å². The highest BCUT2D eigenvalue weighted by atomic mass is 35.5. The van der Waals surface area contributed by atoms with Gasteiger partial charge in [-0.05, 0) is 31.4 Å². The maximum absolute atomic E-state index is 10.2. The average Bonchev–Trinajstić information content (AvgIpc) is 2.45. The molecule has 1 aromatic carbocycles. The van der Waals surface area contributed by atoms with Gasteiger partial charge >= 0.3 is 5.97 Å². The van der Waals surface area contributed by atoms with Crippen molar-refractivity contribution in [1.29, 1.82) is 0 Å². The Labute approximate surface area is 124 Å². The summed E-state index contributed by atoms with van der Waals surface area (Å²) in [6, 6.07) is 8.30. The van der Waals surface area contributed by atoms with Crippen molar-refractivity contribution in [2.75, 3.05) is 0 Å². The number of carboxylic acids is 1. The molecule has 5 heteroatoms. The second kappa shape index (κ2) is 9.37. The van der Waals surface area contributed by atoms with Crippen LogP contribution in [-0.4, -0.2) is 27.4 Å². The lowest BCUT2D eigenvalue weighted by atomic mass is 9.99. The van der Waals surface area contributed by atoms with Crippen LogP contribution in [0.25, 0.3) is 0 Å². The molecule has 0 spiro atoms. The quantitative estimate of drug-likeness (QED) is 0.464. The third kappa shape index (κ3) is 6.06. The molecule has 1 fully saturated rings. The highest BCUT2D eigenvalue weighted by Gasteiger charge is 2.15. The summed E-state index contributed by atoms with van der Waals surface area (Å²) >= 11 is 5.97. The lowest BCUT2D eigenvalue weighted by molar-refractivity contribution is 0.0697. The van der Waals surface area contributed by atoms with Crippen molar-refractivity contribution >= 4 is 23.3 Å². The summed E-state index contributed by atoms with van der Waals surface area (Å²) in [6.07, 6.45) is 6.60. The van der Waals surface area contributed by atoms with Crippen molar-refractivity contribution in [2.24, 2.45) is 5.16 Å².